The first-order chi connectivity index (χ1) is 12.5. The molecule has 2 amide bonds. The van der Waals surface area contributed by atoms with E-state index in [1.807, 2.05) is 0 Å². The zero-order chi connectivity index (χ0) is 18.7. The first-order valence-corrected chi connectivity index (χ1v) is 8.31. The number of pyridine rings is 1. The van der Waals surface area contributed by atoms with Crippen molar-refractivity contribution in [3.63, 3.8) is 0 Å². The number of nitrogen functional groups attached to an aromatic ring is 1. The molecule has 1 fully saturated rings. The number of nitrogens with zero attached hydrogens (tertiary/aromatic N) is 1. The highest BCUT2D eigenvalue weighted by Gasteiger charge is 2.25. The van der Waals surface area contributed by atoms with Gasteiger partial charge in [0.15, 0.2) is 0 Å². The number of carboxylic acids is 1. The fraction of sp³-hybridized carbons (Fsp3) is 0.353. The first-order valence-electron chi connectivity index (χ1n) is 8.31. The molecule has 2 aromatic rings. The lowest BCUT2D eigenvalue weighted by atomic mass is 10.1. The van der Waals surface area contributed by atoms with Gasteiger partial charge in [0.2, 0.25) is 0 Å². The van der Waals surface area contributed by atoms with Gasteiger partial charge in [-0.1, -0.05) is 0 Å². The molecule has 138 valence electrons. The lowest BCUT2D eigenvalue weighted by Crippen LogP contribution is -2.47. The van der Waals surface area contributed by atoms with E-state index in [-0.39, 0.29) is 35.9 Å². The molecule has 0 spiro atoms. The van der Waals surface area contributed by atoms with E-state index in [1.54, 1.807) is 12.1 Å². The van der Waals surface area contributed by atoms with Crippen LogP contribution >= 0.6 is 0 Å². The Morgan fingerprint density at radius 1 is 1.31 bits per heavy atom. The van der Waals surface area contributed by atoms with Gasteiger partial charge in [0.25, 0.3) is 0 Å². The summed E-state index contributed by atoms with van der Waals surface area (Å²) in [5, 5.41) is 14.7. The average Bonchev–Trinajstić information content (AvgIpc) is 3.22. The lowest BCUT2D eigenvalue weighted by Gasteiger charge is -2.17. The molecule has 7 N–H and O–H groups in total. The Balaban J connectivity index is 1.62. The quantitative estimate of drug-likeness (QED) is 0.538. The maximum absolute atomic E-state index is 12.0. The van der Waals surface area contributed by atoms with Crippen LogP contribution in [-0.2, 0) is 6.54 Å². The minimum Gasteiger partial charge on any atom is -0.478 e. The van der Waals surface area contributed by atoms with Crippen molar-refractivity contribution in [1.82, 2.24) is 15.6 Å². The SMILES string of the molecule is Nc1c(C(=O)O)cncc1-c1ccc(CNC(=O)N[C@H]2CCC[C@H]2N)o1. The Morgan fingerprint density at radius 3 is 2.81 bits per heavy atom. The van der Waals surface area contributed by atoms with Crippen molar-refractivity contribution in [3.05, 3.63) is 35.9 Å². The molecule has 26 heavy (non-hydrogen) atoms. The summed E-state index contributed by atoms with van der Waals surface area (Å²) in [5.41, 5.74) is 12.2. The smallest absolute Gasteiger partial charge is 0.339 e. The van der Waals surface area contributed by atoms with E-state index in [4.69, 9.17) is 21.0 Å². The molecule has 1 aliphatic carbocycles. The van der Waals surface area contributed by atoms with Crippen molar-refractivity contribution in [1.29, 1.82) is 0 Å². The second-order valence-electron chi connectivity index (χ2n) is 6.25. The summed E-state index contributed by atoms with van der Waals surface area (Å²) < 4.78 is 5.65. The summed E-state index contributed by atoms with van der Waals surface area (Å²) in [6, 6.07) is 3.02. The number of urea groups is 1. The van der Waals surface area contributed by atoms with Crippen molar-refractivity contribution in [2.75, 3.05) is 5.73 Å². The standard InChI is InChI=1S/C17H21N5O4/c18-12-2-1-3-13(12)22-17(25)21-6-9-4-5-14(26-9)10-7-20-8-11(15(10)19)16(23)24/h4-5,7-8,12-13H,1-3,6,18H2,(H2,19,20)(H,23,24)(H2,21,22,25)/t12-,13+/m1/s1. The summed E-state index contributed by atoms with van der Waals surface area (Å²) in [4.78, 5) is 27.0. The number of rotatable bonds is 5. The van der Waals surface area contributed by atoms with Crippen LogP contribution in [-0.4, -0.2) is 34.2 Å². The summed E-state index contributed by atoms with van der Waals surface area (Å²) >= 11 is 0. The number of hydrogen-bond acceptors (Lipinski definition) is 6. The molecule has 1 saturated carbocycles. The molecule has 2 heterocycles. The normalized spacial score (nSPS) is 19.3. The number of hydrogen-bond donors (Lipinski definition) is 5. The molecule has 9 heteroatoms. The summed E-state index contributed by atoms with van der Waals surface area (Å²) in [6.45, 7) is 0.180. The Bertz CT molecular complexity index is 819. The number of furan rings is 1. The number of aromatic nitrogens is 1. The van der Waals surface area contributed by atoms with Gasteiger partial charge in [0.1, 0.15) is 17.1 Å². The van der Waals surface area contributed by atoms with Gasteiger partial charge >= 0.3 is 12.0 Å². The fourth-order valence-electron chi connectivity index (χ4n) is 3.01. The number of nitrogens with two attached hydrogens (primary N) is 2. The highest BCUT2D eigenvalue weighted by atomic mass is 16.4. The number of anilines is 1. The zero-order valence-electron chi connectivity index (χ0n) is 14.1. The zero-order valence-corrected chi connectivity index (χ0v) is 14.1. The second kappa shape index (κ2) is 7.44. The molecule has 0 saturated heterocycles. The van der Waals surface area contributed by atoms with Crippen molar-refractivity contribution in [2.45, 2.75) is 37.9 Å². The van der Waals surface area contributed by atoms with Crippen molar-refractivity contribution in [2.24, 2.45) is 5.73 Å². The van der Waals surface area contributed by atoms with Gasteiger partial charge in [-0.25, -0.2) is 9.59 Å². The summed E-state index contributed by atoms with van der Waals surface area (Å²) in [5.74, 6) is -0.272. The number of amides is 2. The molecule has 9 nitrogen and oxygen atoms in total. The van der Waals surface area contributed by atoms with Gasteiger partial charge < -0.3 is 31.6 Å². The number of carbonyl (C=O) groups is 2. The third-order valence-corrected chi connectivity index (χ3v) is 4.45. The third kappa shape index (κ3) is 3.77. The van der Waals surface area contributed by atoms with E-state index in [2.05, 4.69) is 15.6 Å². The Hall–Kier alpha value is -3.07. The Labute approximate surface area is 149 Å². The molecular weight excluding hydrogens is 338 g/mol. The van der Waals surface area contributed by atoms with Crippen LogP contribution in [0.2, 0.25) is 0 Å². The molecule has 3 rings (SSSR count). The molecule has 0 bridgehead atoms. The average molecular weight is 359 g/mol. The van der Waals surface area contributed by atoms with Gasteiger partial charge in [0, 0.05) is 24.5 Å². The Morgan fingerprint density at radius 2 is 2.12 bits per heavy atom. The van der Waals surface area contributed by atoms with Crippen LogP contribution in [0.4, 0.5) is 10.5 Å². The molecule has 0 radical (unpaired) electrons. The van der Waals surface area contributed by atoms with Gasteiger partial charge in [0.05, 0.1) is 17.8 Å². The van der Waals surface area contributed by atoms with E-state index in [1.165, 1.54) is 12.4 Å². The molecule has 2 atom stereocenters. The van der Waals surface area contributed by atoms with Crippen LogP contribution in [0.5, 0.6) is 0 Å². The highest BCUT2D eigenvalue weighted by molar-refractivity contribution is 5.97. The molecular formula is C17H21N5O4. The minimum absolute atomic E-state index is 0.00653. The number of nitrogens with one attached hydrogen (secondary N) is 2. The first kappa shape index (κ1) is 17.7. The van der Waals surface area contributed by atoms with Gasteiger partial charge in [-0.15, -0.1) is 0 Å². The summed E-state index contributed by atoms with van der Waals surface area (Å²) in [7, 11) is 0. The van der Waals surface area contributed by atoms with Crippen LogP contribution in [0, 0.1) is 0 Å². The highest BCUT2D eigenvalue weighted by Crippen LogP contribution is 2.29. The monoisotopic (exact) mass is 359 g/mol. The maximum atomic E-state index is 12.0. The number of aromatic carboxylic acids is 1. The maximum Gasteiger partial charge on any atom is 0.339 e. The van der Waals surface area contributed by atoms with Gasteiger partial charge in [-0.3, -0.25) is 4.98 Å². The van der Waals surface area contributed by atoms with E-state index < -0.39 is 5.97 Å². The van der Waals surface area contributed by atoms with Crippen LogP contribution in [0.1, 0.15) is 35.4 Å². The largest absolute Gasteiger partial charge is 0.478 e. The topological polar surface area (TPSA) is 156 Å². The van der Waals surface area contributed by atoms with Crippen molar-refractivity contribution < 1.29 is 19.1 Å². The van der Waals surface area contributed by atoms with Crippen molar-refractivity contribution in [3.8, 4) is 11.3 Å². The number of carbonyl (C=O) groups excluding carboxylic acids is 1. The fourth-order valence-corrected chi connectivity index (χ4v) is 3.01. The summed E-state index contributed by atoms with van der Waals surface area (Å²) in [6.07, 6.45) is 5.43. The van der Waals surface area contributed by atoms with Gasteiger partial charge in [-0.05, 0) is 31.4 Å². The van der Waals surface area contributed by atoms with E-state index >= 15 is 0 Å². The van der Waals surface area contributed by atoms with Crippen molar-refractivity contribution >= 4 is 17.7 Å². The minimum atomic E-state index is -1.16. The predicted octanol–water partition coefficient (Wildman–Crippen LogP) is 1.30. The van der Waals surface area contributed by atoms with E-state index in [0.717, 1.165) is 19.3 Å². The molecule has 0 aliphatic heterocycles. The third-order valence-electron chi connectivity index (χ3n) is 4.45. The van der Waals surface area contributed by atoms with Crippen LogP contribution in [0.25, 0.3) is 11.3 Å². The Kier molecular flexibility index (Phi) is 5.08. The van der Waals surface area contributed by atoms with Gasteiger partial charge in [-0.2, -0.15) is 0 Å². The second-order valence-corrected chi connectivity index (χ2v) is 6.25. The van der Waals surface area contributed by atoms with Crippen LogP contribution < -0.4 is 22.1 Å². The number of carboxylic acid groups (broad SMARTS) is 1. The van der Waals surface area contributed by atoms with E-state index in [9.17, 15) is 9.59 Å². The molecule has 2 aromatic heterocycles. The van der Waals surface area contributed by atoms with E-state index in [0.29, 0.717) is 17.1 Å². The lowest BCUT2D eigenvalue weighted by molar-refractivity contribution is 0.0697. The molecule has 0 aromatic carbocycles. The van der Waals surface area contributed by atoms with Crippen LogP contribution in [0.3, 0.4) is 0 Å². The molecule has 1 aliphatic rings. The molecule has 0 unspecified atom stereocenters. The van der Waals surface area contributed by atoms with Crippen LogP contribution in [0.15, 0.2) is 28.9 Å². The predicted molar refractivity (Wildman–Crippen MR) is 94.3 cm³/mol.